The molecule has 0 spiro atoms. The van der Waals surface area contributed by atoms with Crippen LogP contribution in [0.4, 0.5) is 5.69 Å². The lowest BCUT2D eigenvalue weighted by Gasteiger charge is -2.33. The van der Waals surface area contributed by atoms with E-state index in [0.29, 0.717) is 23.1 Å². The summed E-state index contributed by atoms with van der Waals surface area (Å²) < 4.78 is 27.1. The highest BCUT2D eigenvalue weighted by atomic mass is 79.9. The molecule has 0 radical (unpaired) electrons. The van der Waals surface area contributed by atoms with E-state index in [1.165, 1.54) is 16.4 Å². The van der Waals surface area contributed by atoms with Gasteiger partial charge in [-0.15, -0.1) is 0 Å². The van der Waals surface area contributed by atoms with Crippen LogP contribution >= 0.6 is 15.9 Å². The molecular formula is C12H17BrN2O3S. The Kier molecular flexibility index (Phi) is 4.50. The summed E-state index contributed by atoms with van der Waals surface area (Å²) in [5.41, 5.74) is 6.17. The van der Waals surface area contributed by atoms with Gasteiger partial charge < -0.3 is 10.8 Å². The lowest BCUT2D eigenvalue weighted by atomic mass is 10.1. The number of anilines is 1. The Labute approximate surface area is 121 Å². The lowest BCUT2D eigenvalue weighted by molar-refractivity contribution is 0.155. The molecule has 1 aromatic rings. The van der Waals surface area contributed by atoms with Crippen molar-refractivity contribution in [2.24, 2.45) is 0 Å². The summed E-state index contributed by atoms with van der Waals surface area (Å²) >= 11 is 3.24. The number of hydrogen-bond donors (Lipinski definition) is 2. The first kappa shape index (κ1) is 14.8. The Morgan fingerprint density at radius 2 is 2.16 bits per heavy atom. The highest BCUT2D eigenvalue weighted by molar-refractivity contribution is 9.10. The fourth-order valence-corrected chi connectivity index (χ4v) is 4.52. The van der Waals surface area contributed by atoms with Gasteiger partial charge in [-0.3, -0.25) is 0 Å². The van der Waals surface area contributed by atoms with Crippen LogP contribution in [-0.2, 0) is 10.0 Å². The molecule has 1 aromatic carbocycles. The SMILES string of the molecule is Nc1ccc(S(=O)(=O)N2CCCCC2CO)cc1Br. The van der Waals surface area contributed by atoms with Crippen molar-refractivity contribution in [2.45, 2.75) is 30.2 Å². The van der Waals surface area contributed by atoms with Crippen LogP contribution in [0.1, 0.15) is 19.3 Å². The van der Waals surface area contributed by atoms with Gasteiger partial charge in [0.15, 0.2) is 0 Å². The van der Waals surface area contributed by atoms with E-state index in [0.717, 1.165) is 12.8 Å². The average Bonchev–Trinajstić information content (AvgIpc) is 2.41. The fraction of sp³-hybridized carbons (Fsp3) is 0.500. The van der Waals surface area contributed by atoms with Crippen LogP contribution in [0.25, 0.3) is 0 Å². The zero-order valence-electron chi connectivity index (χ0n) is 10.4. The second-order valence-corrected chi connectivity index (χ2v) is 7.38. The van der Waals surface area contributed by atoms with Crippen LogP contribution < -0.4 is 5.73 Å². The summed E-state index contributed by atoms with van der Waals surface area (Å²) in [4.78, 5) is 0.203. The van der Waals surface area contributed by atoms with Crippen LogP contribution in [0.15, 0.2) is 27.6 Å². The van der Waals surface area contributed by atoms with Gasteiger partial charge in [0.05, 0.1) is 11.5 Å². The topological polar surface area (TPSA) is 83.6 Å². The van der Waals surface area contributed by atoms with Gasteiger partial charge in [0.25, 0.3) is 0 Å². The molecule has 106 valence electrons. The van der Waals surface area contributed by atoms with Crippen molar-refractivity contribution < 1.29 is 13.5 Å². The first-order chi connectivity index (χ1) is 8.96. The highest BCUT2D eigenvalue weighted by Gasteiger charge is 2.33. The van der Waals surface area contributed by atoms with E-state index in [1.54, 1.807) is 6.07 Å². The third kappa shape index (κ3) is 2.94. The van der Waals surface area contributed by atoms with Gasteiger partial charge >= 0.3 is 0 Å². The quantitative estimate of drug-likeness (QED) is 0.812. The molecule has 7 heteroatoms. The number of aliphatic hydroxyl groups is 1. The number of sulfonamides is 1. The third-order valence-corrected chi connectivity index (χ3v) is 6.00. The molecule has 3 N–H and O–H groups in total. The van der Waals surface area contributed by atoms with Crippen LogP contribution in [0.2, 0.25) is 0 Å². The Hall–Kier alpha value is -0.630. The summed E-state index contributed by atoms with van der Waals surface area (Å²) in [6, 6.07) is 4.25. The number of nitrogens with two attached hydrogens (primary N) is 1. The van der Waals surface area contributed by atoms with E-state index in [4.69, 9.17) is 5.73 Å². The maximum absolute atomic E-state index is 12.6. The maximum Gasteiger partial charge on any atom is 0.243 e. The Bertz CT molecular complexity index is 562. The zero-order chi connectivity index (χ0) is 14.0. The molecule has 1 atom stereocenters. The van der Waals surface area contributed by atoms with Crippen LogP contribution in [0, 0.1) is 0 Å². The summed E-state index contributed by atoms with van der Waals surface area (Å²) in [6.07, 6.45) is 2.47. The molecule has 19 heavy (non-hydrogen) atoms. The predicted octanol–water partition coefficient (Wildman–Crippen LogP) is 1.57. The molecule has 1 unspecified atom stereocenters. The van der Waals surface area contributed by atoms with Crippen LogP contribution in [0.5, 0.6) is 0 Å². The van der Waals surface area contributed by atoms with Gasteiger partial charge in [-0.1, -0.05) is 6.42 Å². The van der Waals surface area contributed by atoms with Gasteiger partial charge in [0.1, 0.15) is 0 Å². The van der Waals surface area contributed by atoms with Gasteiger partial charge in [0.2, 0.25) is 10.0 Å². The third-order valence-electron chi connectivity index (χ3n) is 3.36. The number of hydrogen-bond acceptors (Lipinski definition) is 4. The molecular weight excluding hydrogens is 332 g/mol. The molecule has 0 bridgehead atoms. The second-order valence-electron chi connectivity index (χ2n) is 4.63. The van der Waals surface area contributed by atoms with E-state index in [-0.39, 0.29) is 17.5 Å². The molecule has 1 aliphatic heterocycles. The lowest BCUT2D eigenvalue weighted by Crippen LogP contribution is -2.45. The second kappa shape index (κ2) is 5.78. The minimum Gasteiger partial charge on any atom is -0.398 e. The van der Waals surface area contributed by atoms with Gasteiger partial charge in [0, 0.05) is 22.7 Å². The van der Waals surface area contributed by atoms with Crippen molar-refractivity contribution in [3.8, 4) is 0 Å². The molecule has 1 heterocycles. The largest absolute Gasteiger partial charge is 0.398 e. The van der Waals surface area contributed by atoms with Crippen molar-refractivity contribution in [3.63, 3.8) is 0 Å². The van der Waals surface area contributed by atoms with E-state index in [2.05, 4.69) is 15.9 Å². The van der Waals surface area contributed by atoms with E-state index in [1.807, 2.05) is 0 Å². The highest BCUT2D eigenvalue weighted by Crippen LogP contribution is 2.28. The summed E-state index contributed by atoms with van der Waals surface area (Å²) in [5.74, 6) is 0. The van der Waals surface area contributed by atoms with Crippen molar-refractivity contribution >= 4 is 31.6 Å². The number of nitrogens with zero attached hydrogens (tertiary/aromatic N) is 1. The molecule has 1 fully saturated rings. The molecule has 5 nitrogen and oxygen atoms in total. The average molecular weight is 349 g/mol. The minimum atomic E-state index is -3.57. The zero-order valence-corrected chi connectivity index (χ0v) is 12.8. The van der Waals surface area contributed by atoms with E-state index < -0.39 is 10.0 Å². The Morgan fingerprint density at radius 3 is 2.79 bits per heavy atom. The van der Waals surface area contributed by atoms with E-state index >= 15 is 0 Å². The van der Waals surface area contributed by atoms with Crippen molar-refractivity contribution in [1.82, 2.24) is 4.31 Å². The van der Waals surface area contributed by atoms with Crippen molar-refractivity contribution in [2.75, 3.05) is 18.9 Å². The van der Waals surface area contributed by atoms with Crippen molar-refractivity contribution in [3.05, 3.63) is 22.7 Å². The predicted molar refractivity (Wildman–Crippen MR) is 77.2 cm³/mol. The number of halogens is 1. The molecule has 2 rings (SSSR count). The Balaban J connectivity index is 2.37. The van der Waals surface area contributed by atoms with Gasteiger partial charge in [-0.2, -0.15) is 4.31 Å². The molecule has 0 amide bonds. The smallest absolute Gasteiger partial charge is 0.243 e. The molecule has 0 saturated carbocycles. The maximum atomic E-state index is 12.6. The fourth-order valence-electron chi connectivity index (χ4n) is 2.28. The number of rotatable bonds is 3. The minimum absolute atomic E-state index is 0.143. The standard InChI is InChI=1S/C12H17BrN2O3S/c13-11-7-10(4-5-12(11)14)19(17,18)15-6-2-1-3-9(15)8-16/h4-5,7,9,16H,1-3,6,8,14H2. The van der Waals surface area contributed by atoms with Crippen LogP contribution in [0.3, 0.4) is 0 Å². The number of nitrogen functional groups attached to an aromatic ring is 1. The Morgan fingerprint density at radius 1 is 1.42 bits per heavy atom. The normalized spacial score (nSPS) is 21.5. The summed E-state index contributed by atoms with van der Waals surface area (Å²) in [6.45, 7) is 0.310. The van der Waals surface area contributed by atoms with Crippen LogP contribution in [-0.4, -0.2) is 37.0 Å². The summed E-state index contributed by atoms with van der Waals surface area (Å²) in [5, 5.41) is 9.34. The number of piperidine rings is 1. The van der Waals surface area contributed by atoms with Crippen molar-refractivity contribution in [1.29, 1.82) is 0 Å². The monoisotopic (exact) mass is 348 g/mol. The first-order valence-electron chi connectivity index (χ1n) is 6.14. The number of aliphatic hydroxyl groups excluding tert-OH is 1. The molecule has 0 aromatic heterocycles. The number of benzene rings is 1. The van der Waals surface area contributed by atoms with Gasteiger partial charge in [-0.05, 0) is 47.0 Å². The molecule has 1 saturated heterocycles. The molecule has 1 aliphatic rings. The van der Waals surface area contributed by atoms with E-state index in [9.17, 15) is 13.5 Å². The van der Waals surface area contributed by atoms with Gasteiger partial charge in [-0.25, -0.2) is 8.42 Å². The summed E-state index contributed by atoms with van der Waals surface area (Å²) in [7, 11) is -3.57. The molecule has 0 aliphatic carbocycles. The first-order valence-corrected chi connectivity index (χ1v) is 8.38.